The van der Waals surface area contributed by atoms with Gasteiger partial charge in [-0.2, -0.15) is 8.78 Å². The first kappa shape index (κ1) is 24.0. The third-order valence-corrected chi connectivity index (χ3v) is 5.99. The van der Waals surface area contributed by atoms with Crippen LogP contribution in [0.1, 0.15) is 0 Å². The summed E-state index contributed by atoms with van der Waals surface area (Å²) < 4.78 is 62.6. The maximum Gasteiger partial charge on any atom is 0.387 e. The Morgan fingerprint density at radius 2 is 1.77 bits per heavy atom. The summed E-state index contributed by atoms with van der Waals surface area (Å²) in [5.74, 6) is 0.453. The first-order valence-electron chi connectivity index (χ1n) is 8.98. The topological polar surface area (TPSA) is 71.1 Å². The number of nitrogens with one attached hydrogen (secondary N) is 1. The second kappa shape index (κ2) is 10.1. The molecule has 1 aliphatic heterocycles. The molecule has 0 radical (unpaired) electrons. The van der Waals surface area contributed by atoms with Crippen molar-refractivity contribution >= 4 is 33.8 Å². The molecule has 2 aromatic rings. The van der Waals surface area contributed by atoms with Crippen LogP contribution in [0.5, 0.6) is 11.5 Å². The van der Waals surface area contributed by atoms with E-state index in [1.807, 2.05) is 7.05 Å². The van der Waals surface area contributed by atoms with E-state index in [1.54, 1.807) is 12.1 Å². The average molecular weight is 464 g/mol. The van der Waals surface area contributed by atoms with Gasteiger partial charge in [0.25, 0.3) is 10.0 Å². The SMILES string of the molecule is COc1ccc(S(=O)(=O)Nc2cccc(OC(F)F)c2)cc1N1CCN(C)CC1.Cl. The average Bonchev–Trinajstić information content (AvgIpc) is 2.67. The van der Waals surface area contributed by atoms with E-state index in [-0.39, 0.29) is 28.7 Å². The number of hydrogen-bond donors (Lipinski definition) is 1. The first-order chi connectivity index (χ1) is 13.8. The number of hydrogen-bond acceptors (Lipinski definition) is 6. The molecule has 3 rings (SSSR count). The lowest BCUT2D eigenvalue weighted by Gasteiger charge is -2.34. The Balaban J connectivity index is 0.00000320. The number of ether oxygens (including phenoxy) is 2. The van der Waals surface area contributed by atoms with E-state index < -0.39 is 16.6 Å². The highest BCUT2D eigenvalue weighted by Gasteiger charge is 2.22. The predicted molar refractivity (Wildman–Crippen MR) is 114 cm³/mol. The molecule has 30 heavy (non-hydrogen) atoms. The Kier molecular flexibility index (Phi) is 8.10. The lowest BCUT2D eigenvalue weighted by atomic mass is 10.2. The Hall–Kier alpha value is -2.30. The third kappa shape index (κ3) is 5.87. The number of benzene rings is 2. The summed E-state index contributed by atoms with van der Waals surface area (Å²) in [5, 5.41) is 0. The van der Waals surface area contributed by atoms with E-state index in [0.717, 1.165) is 26.2 Å². The molecule has 1 fully saturated rings. The van der Waals surface area contributed by atoms with Gasteiger partial charge in [-0.25, -0.2) is 8.42 Å². The molecule has 1 heterocycles. The Morgan fingerprint density at radius 3 is 2.40 bits per heavy atom. The molecular formula is C19H24ClF2N3O4S. The van der Waals surface area contributed by atoms with Gasteiger partial charge in [0.05, 0.1) is 23.4 Å². The zero-order valence-electron chi connectivity index (χ0n) is 16.5. The van der Waals surface area contributed by atoms with E-state index in [0.29, 0.717) is 11.4 Å². The van der Waals surface area contributed by atoms with Gasteiger partial charge in [-0.05, 0) is 37.4 Å². The first-order valence-corrected chi connectivity index (χ1v) is 10.5. The number of sulfonamides is 1. The molecule has 1 saturated heterocycles. The summed E-state index contributed by atoms with van der Waals surface area (Å²) in [5.41, 5.74) is 0.818. The van der Waals surface area contributed by atoms with Crippen molar-refractivity contribution < 1.29 is 26.7 Å². The van der Waals surface area contributed by atoms with Gasteiger partial charge >= 0.3 is 6.61 Å². The summed E-state index contributed by atoms with van der Waals surface area (Å²) >= 11 is 0. The van der Waals surface area contributed by atoms with Crippen LogP contribution in [0.4, 0.5) is 20.2 Å². The zero-order chi connectivity index (χ0) is 21.0. The van der Waals surface area contributed by atoms with Crippen molar-refractivity contribution in [2.75, 3.05) is 50.0 Å². The molecule has 0 aromatic heterocycles. The number of alkyl halides is 2. The maximum absolute atomic E-state index is 12.9. The molecule has 0 saturated carbocycles. The summed E-state index contributed by atoms with van der Waals surface area (Å²) in [4.78, 5) is 4.32. The van der Waals surface area contributed by atoms with Gasteiger partial charge < -0.3 is 19.3 Å². The molecule has 0 unspecified atom stereocenters. The van der Waals surface area contributed by atoms with Crippen molar-refractivity contribution in [3.05, 3.63) is 42.5 Å². The van der Waals surface area contributed by atoms with Crippen LogP contribution in [0, 0.1) is 0 Å². The normalized spacial score (nSPS) is 14.9. The Labute approximate surface area is 181 Å². The quantitative estimate of drug-likeness (QED) is 0.679. The van der Waals surface area contributed by atoms with E-state index in [4.69, 9.17) is 4.74 Å². The summed E-state index contributed by atoms with van der Waals surface area (Å²) in [6, 6.07) is 10.0. The summed E-state index contributed by atoms with van der Waals surface area (Å²) in [7, 11) is -0.371. The van der Waals surface area contributed by atoms with Gasteiger partial charge in [0, 0.05) is 32.2 Å². The molecule has 0 spiro atoms. The van der Waals surface area contributed by atoms with Crippen LogP contribution in [0.15, 0.2) is 47.4 Å². The van der Waals surface area contributed by atoms with Gasteiger partial charge in [-0.1, -0.05) is 6.07 Å². The van der Waals surface area contributed by atoms with Gasteiger partial charge in [0.1, 0.15) is 11.5 Å². The smallest absolute Gasteiger partial charge is 0.387 e. The largest absolute Gasteiger partial charge is 0.495 e. The molecule has 2 aromatic carbocycles. The zero-order valence-corrected chi connectivity index (χ0v) is 18.2. The molecular weight excluding hydrogens is 440 g/mol. The number of piperazine rings is 1. The lowest BCUT2D eigenvalue weighted by molar-refractivity contribution is -0.0497. The number of rotatable bonds is 7. The molecule has 0 aliphatic carbocycles. The Morgan fingerprint density at radius 1 is 1.07 bits per heavy atom. The fraction of sp³-hybridized carbons (Fsp3) is 0.368. The summed E-state index contributed by atoms with van der Waals surface area (Å²) in [6.45, 7) is 0.215. The molecule has 166 valence electrons. The third-order valence-electron chi connectivity index (χ3n) is 4.62. The maximum atomic E-state index is 12.9. The van der Waals surface area contributed by atoms with Gasteiger partial charge in [-0.3, -0.25) is 4.72 Å². The highest BCUT2D eigenvalue weighted by molar-refractivity contribution is 7.92. The Bertz CT molecular complexity index is 955. The van der Waals surface area contributed by atoms with Crippen LogP contribution in [0.25, 0.3) is 0 Å². The van der Waals surface area contributed by atoms with Crippen LogP contribution in [-0.2, 0) is 10.0 Å². The standard InChI is InChI=1S/C19H23F2N3O4S.ClH/c1-23-8-10-24(11-9-23)17-13-16(6-7-18(17)27-2)29(25,26)22-14-4-3-5-15(12-14)28-19(20)21;/h3-7,12-13,19,22H,8-11H2,1-2H3;1H. The van der Waals surface area contributed by atoms with Crippen LogP contribution >= 0.6 is 12.4 Å². The van der Waals surface area contributed by atoms with Crippen LogP contribution in [-0.4, -0.2) is 60.3 Å². The highest BCUT2D eigenvalue weighted by Crippen LogP contribution is 2.32. The second-order valence-corrected chi connectivity index (χ2v) is 8.32. The highest BCUT2D eigenvalue weighted by atomic mass is 35.5. The van der Waals surface area contributed by atoms with Crippen molar-refractivity contribution in [1.29, 1.82) is 0 Å². The minimum atomic E-state index is -3.94. The van der Waals surface area contributed by atoms with Crippen LogP contribution in [0.2, 0.25) is 0 Å². The number of anilines is 2. The number of methoxy groups -OCH3 is 1. The van der Waals surface area contributed by atoms with Crippen molar-refractivity contribution in [3.8, 4) is 11.5 Å². The number of nitrogens with zero attached hydrogens (tertiary/aromatic N) is 2. The van der Waals surface area contributed by atoms with E-state index in [2.05, 4.69) is 19.3 Å². The molecule has 1 N–H and O–H groups in total. The van der Waals surface area contributed by atoms with Crippen LogP contribution < -0.4 is 19.1 Å². The monoisotopic (exact) mass is 463 g/mol. The van der Waals surface area contributed by atoms with Crippen molar-refractivity contribution in [1.82, 2.24) is 4.90 Å². The summed E-state index contributed by atoms with van der Waals surface area (Å²) in [6.07, 6.45) is 0. The fourth-order valence-corrected chi connectivity index (χ4v) is 4.15. The van der Waals surface area contributed by atoms with E-state index >= 15 is 0 Å². The second-order valence-electron chi connectivity index (χ2n) is 6.64. The van der Waals surface area contributed by atoms with Gasteiger partial charge in [0.15, 0.2) is 0 Å². The molecule has 0 bridgehead atoms. The predicted octanol–water partition coefficient (Wildman–Crippen LogP) is 3.27. The van der Waals surface area contributed by atoms with E-state index in [9.17, 15) is 17.2 Å². The van der Waals surface area contributed by atoms with E-state index in [1.165, 1.54) is 37.4 Å². The molecule has 7 nitrogen and oxygen atoms in total. The van der Waals surface area contributed by atoms with Crippen LogP contribution in [0.3, 0.4) is 0 Å². The number of likely N-dealkylation sites (N-methyl/N-ethyl adjacent to an activating group) is 1. The molecule has 0 amide bonds. The minimum absolute atomic E-state index is 0. The number of halogens is 3. The molecule has 1 aliphatic rings. The minimum Gasteiger partial charge on any atom is -0.495 e. The van der Waals surface area contributed by atoms with Crippen molar-refractivity contribution in [2.24, 2.45) is 0 Å². The fourth-order valence-electron chi connectivity index (χ4n) is 3.08. The molecule has 0 atom stereocenters. The molecule has 11 heteroatoms. The van der Waals surface area contributed by atoms with Gasteiger partial charge in [-0.15, -0.1) is 12.4 Å². The van der Waals surface area contributed by atoms with Crippen molar-refractivity contribution in [3.63, 3.8) is 0 Å². The lowest BCUT2D eigenvalue weighted by Crippen LogP contribution is -2.44. The van der Waals surface area contributed by atoms with Crippen molar-refractivity contribution in [2.45, 2.75) is 11.5 Å². The van der Waals surface area contributed by atoms with Gasteiger partial charge in [0.2, 0.25) is 0 Å².